The van der Waals surface area contributed by atoms with E-state index >= 15 is 0 Å². The Morgan fingerprint density at radius 2 is 2.20 bits per heavy atom. The SMILES string of the molecule is Cc1nc(CNCc2ncon2)oc1C. The van der Waals surface area contributed by atoms with Crippen molar-refractivity contribution in [1.29, 1.82) is 0 Å². The third-order valence-corrected chi connectivity index (χ3v) is 2.04. The average molecular weight is 208 g/mol. The summed E-state index contributed by atoms with van der Waals surface area (Å²) in [6.45, 7) is 4.91. The molecule has 80 valence electrons. The van der Waals surface area contributed by atoms with Gasteiger partial charge < -0.3 is 14.3 Å². The maximum atomic E-state index is 5.40. The first-order valence-electron chi connectivity index (χ1n) is 4.64. The second-order valence-corrected chi connectivity index (χ2v) is 3.20. The summed E-state index contributed by atoms with van der Waals surface area (Å²) in [6.07, 6.45) is 1.30. The van der Waals surface area contributed by atoms with Crippen molar-refractivity contribution in [1.82, 2.24) is 20.4 Å². The molecule has 0 aliphatic carbocycles. The van der Waals surface area contributed by atoms with Crippen LogP contribution in [0.15, 0.2) is 15.3 Å². The Bertz CT molecular complexity index is 402. The van der Waals surface area contributed by atoms with Crippen molar-refractivity contribution >= 4 is 0 Å². The second kappa shape index (κ2) is 4.22. The molecule has 2 heterocycles. The van der Waals surface area contributed by atoms with Crippen LogP contribution in [0.25, 0.3) is 0 Å². The number of nitrogens with one attached hydrogen (secondary N) is 1. The molecule has 6 heteroatoms. The minimum absolute atomic E-state index is 0.539. The van der Waals surface area contributed by atoms with E-state index in [1.807, 2.05) is 13.8 Å². The topological polar surface area (TPSA) is 77.0 Å². The summed E-state index contributed by atoms with van der Waals surface area (Å²) in [5.41, 5.74) is 0.923. The molecule has 15 heavy (non-hydrogen) atoms. The second-order valence-electron chi connectivity index (χ2n) is 3.20. The van der Waals surface area contributed by atoms with Gasteiger partial charge in [0.1, 0.15) is 5.76 Å². The zero-order valence-electron chi connectivity index (χ0n) is 8.65. The van der Waals surface area contributed by atoms with Gasteiger partial charge in [-0.3, -0.25) is 0 Å². The van der Waals surface area contributed by atoms with E-state index in [-0.39, 0.29) is 0 Å². The number of nitrogens with zero attached hydrogens (tertiary/aromatic N) is 3. The van der Waals surface area contributed by atoms with Gasteiger partial charge in [-0.05, 0) is 13.8 Å². The molecule has 0 fully saturated rings. The number of rotatable bonds is 4. The number of aromatic nitrogens is 3. The molecule has 0 saturated heterocycles. The van der Waals surface area contributed by atoms with Gasteiger partial charge in [-0.25, -0.2) is 4.98 Å². The lowest BCUT2D eigenvalue weighted by Crippen LogP contribution is -2.13. The van der Waals surface area contributed by atoms with Crippen molar-refractivity contribution in [2.75, 3.05) is 0 Å². The molecule has 0 aliphatic rings. The van der Waals surface area contributed by atoms with E-state index < -0.39 is 0 Å². The highest BCUT2D eigenvalue weighted by atomic mass is 16.5. The number of oxazole rings is 1. The van der Waals surface area contributed by atoms with Crippen molar-refractivity contribution in [2.24, 2.45) is 0 Å². The highest BCUT2D eigenvalue weighted by molar-refractivity contribution is 5.05. The van der Waals surface area contributed by atoms with Gasteiger partial charge in [-0.2, -0.15) is 4.98 Å². The van der Waals surface area contributed by atoms with Crippen LogP contribution in [0.3, 0.4) is 0 Å². The van der Waals surface area contributed by atoms with E-state index in [1.165, 1.54) is 6.39 Å². The Morgan fingerprint density at radius 3 is 2.80 bits per heavy atom. The molecule has 2 aromatic rings. The fraction of sp³-hybridized carbons (Fsp3) is 0.444. The van der Waals surface area contributed by atoms with E-state index in [0.717, 1.165) is 11.5 Å². The largest absolute Gasteiger partial charge is 0.444 e. The first-order chi connectivity index (χ1) is 7.25. The molecule has 1 N–H and O–H groups in total. The summed E-state index contributed by atoms with van der Waals surface area (Å²) in [4.78, 5) is 8.11. The van der Waals surface area contributed by atoms with E-state index in [9.17, 15) is 0 Å². The average Bonchev–Trinajstić information content (AvgIpc) is 2.79. The molecule has 0 amide bonds. The Kier molecular flexibility index (Phi) is 2.77. The highest BCUT2D eigenvalue weighted by Crippen LogP contribution is 2.07. The summed E-state index contributed by atoms with van der Waals surface area (Å²) in [5.74, 6) is 2.15. The predicted octanol–water partition coefficient (Wildman–Crippen LogP) is 0.964. The minimum Gasteiger partial charge on any atom is -0.444 e. The van der Waals surface area contributed by atoms with Crippen LogP contribution in [-0.4, -0.2) is 15.1 Å². The fourth-order valence-electron chi connectivity index (χ4n) is 1.17. The number of hydrogen-bond acceptors (Lipinski definition) is 6. The normalized spacial score (nSPS) is 10.8. The van der Waals surface area contributed by atoms with Crippen molar-refractivity contribution in [3.63, 3.8) is 0 Å². The van der Waals surface area contributed by atoms with Crippen molar-refractivity contribution in [3.8, 4) is 0 Å². The molecule has 0 atom stereocenters. The molecule has 0 radical (unpaired) electrons. The van der Waals surface area contributed by atoms with E-state index in [1.54, 1.807) is 0 Å². The van der Waals surface area contributed by atoms with Gasteiger partial charge in [0.25, 0.3) is 0 Å². The Balaban J connectivity index is 1.83. The maximum absolute atomic E-state index is 5.40. The molecule has 0 spiro atoms. The summed E-state index contributed by atoms with van der Waals surface area (Å²) in [5, 5.41) is 6.77. The molecular formula is C9H12N4O2. The van der Waals surface area contributed by atoms with Crippen LogP contribution >= 0.6 is 0 Å². The summed E-state index contributed by atoms with van der Waals surface area (Å²) in [7, 11) is 0. The standard InChI is InChI=1S/C9H12N4O2/c1-6-7(2)15-9(12-6)4-10-3-8-11-5-14-13-8/h5,10H,3-4H2,1-2H3. The van der Waals surface area contributed by atoms with Crippen molar-refractivity contribution in [2.45, 2.75) is 26.9 Å². The van der Waals surface area contributed by atoms with Gasteiger partial charge in [0.2, 0.25) is 12.3 Å². The van der Waals surface area contributed by atoms with Gasteiger partial charge in [-0.1, -0.05) is 5.16 Å². The Hall–Kier alpha value is -1.69. The van der Waals surface area contributed by atoms with E-state index in [0.29, 0.717) is 24.8 Å². The minimum atomic E-state index is 0.539. The maximum Gasteiger partial charge on any atom is 0.213 e. The predicted molar refractivity (Wildman–Crippen MR) is 50.8 cm³/mol. The van der Waals surface area contributed by atoms with Gasteiger partial charge in [0.05, 0.1) is 18.8 Å². The lowest BCUT2D eigenvalue weighted by atomic mass is 10.4. The molecule has 6 nitrogen and oxygen atoms in total. The number of hydrogen-bond donors (Lipinski definition) is 1. The van der Waals surface area contributed by atoms with Crippen LogP contribution in [0.5, 0.6) is 0 Å². The van der Waals surface area contributed by atoms with Crippen molar-refractivity contribution < 1.29 is 8.94 Å². The summed E-state index contributed by atoms with van der Waals surface area (Å²) in [6, 6.07) is 0. The molecule has 0 unspecified atom stereocenters. The Morgan fingerprint density at radius 1 is 1.33 bits per heavy atom. The molecule has 0 aliphatic heterocycles. The van der Waals surface area contributed by atoms with Crippen LogP contribution in [0, 0.1) is 13.8 Å². The lowest BCUT2D eigenvalue weighted by Gasteiger charge is -1.96. The molecule has 2 rings (SSSR count). The van der Waals surface area contributed by atoms with Crippen LogP contribution < -0.4 is 5.32 Å². The molecular weight excluding hydrogens is 196 g/mol. The van der Waals surface area contributed by atoms with Gasteiger partial charge in [-0.15, -0.1) is 0 Å². The van der Waals surface area contributed by atoms with Crippen LogP contribution in [0.4, 0.5) is 0 Å². The molecule has 0 saturated carbocycles. The van der Waals surface area contributed by atoms with E-state index in [2.05, 4.69) is 25.0 Å². The first-order valence-corrected chi connectivity index (χ1v) is 4.64. The quantitative estimate of drug-likeness (QED) is 0.806. The van der Waals surface area contributed by atoms with Crippen molar-refractivity contribution in [3.05, 3.63) is 29.6 Å². The monoisotopic (exact) mass is 208 g/mol. The Labute approximate surface area is 86.7 Å². The third-order valence-electron chi connectivity index (χ3n) is 2.04. The lowest BCUT2D eigenvalue weighted by molar-refractivity contribution is 0.403. The zero-order valence-corrected chi connectivity index (χ0v) is 8.65. The zero-order chi connectivity index (χ0) is 10.7. The molecule has 2 aromatic heterocycles. The van der Waals surface area contributed by atoms with Crippen LogP contribution in [0.2, 0.25) is 0 Å². The van der Waals surface area contributed by atoms with Gasteiger partial charge >= 0.3 is 0 Å². The van der Waals surface area contributed by atoms with Crippen LogP contribution in [0.1, 0.15) is 23.2 Å². The third kappa shape index (κ3) is 2.41. The summed E-state index contributed by atoms with van der Waals surface area (Å²) < 4.78 is 10.00. The number of aryl methyl sites for hydroxylation is 2. The fourth-order valence-corrected chi connectivity index (χ4v) is 1.17. The molecule has 0 bridgehead atoms. The summed E-state index contributed by atoms with van der Waals surface area (Å²) >= 11 is 0. The van der Waals surface area contributed by atoms with Gasteiger partial charge in [0, 0.05) is 0 Å². The highest BCUT2D eigenvalue weighted by Gasteiger charge is 2.05. The van der Waals surface area contributed by atoms with E-state index in [4.69, 9.17) is 4.42 Å². The first kappa shape index (κ1) is 9.85. The molecule has 0 aromatic carbocycles. The smallest absolute Gasteiger partial charge is 0.213 e. The van der Waals surface area contributed by atoms with Gasteiger partial charge in [0.15, 0.2) is 5.82 Å². The van der Waals surface area contributed by atoms with Crippen LogP contribution in [-0.2, 0) is 13.1 Å².